The molecule has 2 nitrogen and oxygen atoms in total. The number of rotatable bonds is 7. The second-order valence-corrected chi connectivity index (χ2v) is 6.21. The van der Waals surface area contributed by atoms with E-state index in [1.54, 1.807) is 7.11 Å². The van der Waals surface area contributed by atoms with Crippen molar-refractivity contribution in [1.82, 2.24) is 5.32 Å². The molecule has 2 rings (SSSR count). The summed E-state index contributed by atoms with van der Waals surface area (Å²) < 4.78 is 5.21. The predicted molar refractivity (Wildman–Crippen MR) is 80.5 cm³/mol. The quantitative estimate of drug-likeness (QED) is 0.806. The maximum absolute atomic E-state index is 5.21. The molecule has 1 aliphatic rings. The van der Waals surface area contributed by atoms with Crippen LogP contribution in [0, 0.1) is 19.3 Å². The molecular formula is C17H27NO. The minimum Gasteiger partial charge on any atom is -0.385 e. The smallest absolute Gasteiger partial charge is 0.0468 e. The highest BCUT2D eigenvalue weighted by atomic mass is 16.5. The van der Waals surface area contributed by atoms with Crippen LogP contribution in [0.5, 0.6) is 0 Å². The fourth-order valence-corrected chi connectivity index (χ4v) is 2.80. The summed E-state index contributed by atoms with van der Waals surface area (Å²) in [6, 6.07) is 7.17. The molecule has 1 atom stereocenters. The highest BCUT2D eigenvalue weighted by Crippen LogP contribution is 2.48. The van der Waals surface area contributed by atoms with E-state index >= 15 is 0 Å². The number of hydrogen-bond acceptors (Lipinski definition) is 2. The molecule has 0 heterocycles. The van der Waals surface area contributed by atoms with Gasteiger partial charge < -0.3 is 10.1 Å². The van der Waals surface area contributed by atoms with Crippen LogP contribution in [0.2, 0.25) is 0 Å². The first kappa shape index (κ1) is 14.5. The van der Waals surface area contributed by atoms with Gasteiger partial charge in [-0.3, -0.25) is 0 Å². The van der Waals surface area contributed by atoms with E-state index in [1.807, 2.05) is 0 Å². The Morgan fingerprint density at radius 2 is 2.05 bits per heavy atom. The molecule has 0 saturated heterocycles. The summed E-state index contributed by atoms with van der Waals surface area (Å²) in [5, 5.41) is 3.72. The largest absolute Gasteiger partial charge is 0.385 e. The van der Waals surface area contributed by atoms with Gasteiger partial charge in [0.1, 0.15) is 0 Å². The molecule has 0 bridgehead atoms. The lowest BCUT2D eigenvalue weighted by atomic mass is 9.98. The molecule has 19 heavy (non-hydrogen) atoms. The number of methoxy groups -OCH3 is 1. The maximum Gasteiger partial charge on any atom is 0.0468 e. The molecule has 2 heteroatoms. The molecule has 1 aliphatic carbocycles. The van der Waals surface area contributed by atoms with E-state index in [9.17, 15) is 0 Å². The van der Waals surface area contributed by atoms with Gasteiger partial charge in [-0.05, 0) is 56.6 Å². The van der Waals surface area contributed by atoms with Crippen LogP contribution in [0.1, 0.15) is 48.9 Å². The zero-order valence-electron chi connectivity index (χ0n) is 12.8. The maximum atomic E-state index is 5.21. The Balaban J connectivity index is 1.89. The second kappa shape index (κ2) is 6.06. The van der Waals surface area contributed by atoms with Gasteiger partial charge in [0, 0.05) is 26.3 Å². The highest BCUT2D eigenvalue weighted by molar-refractivity contribution is 5.32. The summed E-state index contributed by atoms with van der Waals surface area (Å²) >= 11 is 0. The third-order valence-corrected chi connectivity index (χ3v) is 4.47. The molecule has 0 aromatic heterocycles. The lowest BCUT2D eigenvalue weighted by Crippen LogP contribution is -2.28. The monoisotopic (exact) mass is 261 g/mol. The van der Waals surface area contributed by atoms with Gasteiger partial charge in [0.25, 0.3) is 0 Å². The summed E-state index contributed by atoms with van der Waals surface area (Å²) in [5.41, 5.74) is 4.67. The van der Waals surface area contributed by atoms with E-state index < -0.39 is 0 Å². The minimum atomic E-state index is 0.431. The third-order valence-electron chi connectivity index (χ3n) is 4.47. The van der Waals surface area contributed by atoms with Crippen LogP contribution in [-0.4, -0.2) is 20.3 Å². The molecule has 0 spiro atoms. The zero-order valence-corrected chi connectivity index (χ0v) is 12.8. The van der Waals surface area contributed by atoms with Gasteiger partial charge in [0.15, 0.2) is 0 Å². The fourth-order valence-electron chi connectivity index (χ4n) is 2.80. The third kappa shape index (κ3) is 3.80. The van der Waals surface area contributed by atoms with Gasteiger partial charge in [-0.2, -0.15) is 0 Å². The highest BCUT2D eigenvalue weighted by Gasteiger charge is 2.41. The van der Waals surface area contributed by atoms with Gasteiger partial charge in [-0.15, -0.1) is 0 Å². The summed E-state index contributed by atoms with van der Waals surface area (Å²) in [6.45, 7) is 8.63. The Labute approximate surface area is 117 Å². The fraction of sp³-hybridized carbons (Fsp3) is 0.647. The summed E-state index contributed by atoms with van der Waals surface area (Å²) in [6.07, 6.45) is 3.89. The summed E-state index contributed by atoms with van der Waals surface area (Å²) in [7, 11) is 1.79. The van der Waals surface area contributed by atoms with Crippen molar-refractivity contribution in [2.24, 2.45) is 5.41 Å². The number of benzene rings is 1. The predicted octanol–water partition coefficient (Wildman–Crippen LogP) is 3.77. The Morgan fingerprint density at radius 3 is 2.63 bits per heavy atom. The van der Waals surface area contributed by atoms with E-state index in [-0.39, 0.29) is 0 Å². The number of nitrogens with one attached hydrogen (secondary N) is 1. The van der Waals surface area contributed by atoms with Crippen LogP contribution < -0.4 is 5.32 Å². The average Bonchev–Trinajstić information content (AvgIpc) is 3.14. The molecule has 0 radical (unpaired) electrons. The van der Waals surface area contributed by atoms with Crippen molar-refractivity contribution in [3.05, 3.63) is 34.9 Å². The van der Waals surface area contributed by atoms with Crippen LogP contribution in [0.4, 0.5) is 0 Å². The Bertz CT molecular complexity index is 423. The molecule has 0 amide bonds. The number of ether oxygens (including phenoxy) is 1. The molecular weight excluding hydrogens is 234 g/mol. The van der Waals surface area contributed by atoms with Crippen molar-refractivity contribution >= 4 is 0 Å². The first-order valence-corrected chi connectivity index (χ1v) is 7.36. The van der Waals surface area contributed by atoms with Crippen LogP contribution in [0.3, 0.4) is 0 Å². The van der Waals surface area contributed by atoms with Crippen molar-refractivity contribution in [2.45, 2.75) is 46.1 Å². The minimum absolute atomic E-state index is 0.431. The van der Waals surface area contributed by atoms with Crippen LogP contribution in [-0.2, 0) is 4.74 Å². The van der Waals surface area contributed by atoms with Crippen LogP contribution in [0.15, 0.2) is 18.2 Å². The molecule has 1 fully saturated rings. The number of aryl methyl sites for hydroxylation is 2. The molecule has 1 unspecified atom stereocenters. The van der Waals surface area contributed by atoms with Crippen molar-refractivity contribution in [3.8, 4) is 0 Å². The first-order chi connectivity index (χ1) is 9.06. The molecule has 1 aromatic rings. The molecule has 106 valence electrons. The van der Waals surface area contributed by atoms with E-state index in [4.69, 9.17) is 4.74 Å². The van der Waals surface area contributed by atoms with Crippen molar-refractivity contribution < 1.29 is 4.74 Å². The Kier molecular flexibility index (Phi) is 4.64. The van der Waals surface area contributed by atoms with Crippen molar-refractivity contribution in [2.75, 3.05) is 20.3 Å². The standard InChI is InChI=1S/C17H27NO/c1-13-5-6-16(14(2)11-13)15(3)18-12-17(7-8-17)9-10-19-4/h5-6,11,15,18H,7-10,12H2,1-4H3. The molecule has 1 aromatic carbocycles. The van der Waals surface area contributed by atoms with E-state index in [1.165, 1.54) is 36.0 Å². The molecule has 1 N–H and O–H groups in total. The molecule has 1 saturated carbocycles. The Hall–Kier alpha value is -0.860. The van der Waals surface area contributed by atoms with Gasteiger partial charge in [0.05, 0.1) is 0 Å². The topological polar surface area (TPSA) is 21.3 Å². The van der Waals surface area contributed by atoms with Gasteiger partial charge in [-0.1, -0.05) is 23.8 Å². The zero-order chi connectivity index (χ0) is 13.9. The van der Waals surface area contributed by atoms with E-state index in [2.05, 4.69) is 44.3 Å². The summed E-state index contributed by atoms with van der Waals surface area (Å²) in [4.78, 5) is 0. The normalized spacial score (nSPS) is 18.3. The summed E-state index contributed by atoms with van der Waals surface area (Å²) in [5.74, 6) is 0. The lowest BCUT2D eigenvalue weighted by Gasteiger charge is -2.21. The van der Waals surface area contributed by atoms with Gasteiger partial charge >= 0.3 is 0 Å². The second-order valence-electron chi connectivity index (χ2n) is 6.21. The van der Waals surface area contributed by atoms with E-state index in [0.717, 1.165) is 13.2 Å². The van der Waals surface area contributed by atoms with Gasteiger partial charge in [0.2, 0.25) is 0 Å². The van der Waals surface area contributed by atoms with E-state index in [0.29, 0.717) is 11.5 Å². The van der Waals surface area contributed by atoms with Crippen LogP contribution >= 0.6 is 0 Å². The SMILES string of the molecule is COCCC1(CNC(C)c2ccc(C)cc2C)CC1. The molecule has 0 aliphatic heterocycles. The average molecular weight is 261 g/mol. The van der Waals surface area contributed by atoms with Gasteiger partial charge in [-0.25, -0.2) is 0 Å². The van der Waals surface area contributed by atoms with Crippen molar-refractivity contribution in [3.63, 3.8) is 0 Å². The number of hydrogen-bond donors (Lipinski definition) is 1. The first-order valence-electron chi connectivity index (χ1n) is 7.36. The Morgan fingerprint density at radius 1 is 1.32 bits per heavy atom. The lowest BCUT2D eigenvalue weighted by molar-refractivity contribution is 0.170. The van der Waals surface area contributed by atoms with Crippen molar-refractivity contribution in [1.29, 1.82) is 0 Å². The van der Waals surface area contributed by atoms with Crippen LogP contribution in [0.25, 0.3) is 0 Å².